The highest BCUT2D eigenvalue weighted by Gasteiger charge is 2.75. The van der Waals surface area contributed by atoms with Crippen LogP contribution >= 0.6 is 11.6 Å². The summed E-state index contributed by atoms with van der Waals surface area (Å²) in [6, 6.07) is 24.3. The van der Waals surface area contributed by atoms with E-state index in [0.717, 1.165) is 29.7 Å². The van der Waals surface area contributed by atoms with Crippen LogP contribution in [0.5, 0.6) is 0 Å². The third kappa shape index (κ3) is 2.69. The molecule has 7 heteroatoms. The number of fused-ring (bicyclic) bond motifs is 7. The van der Waals surface area contributed by atoms with Gasteiger partial charge in [-0.25, -0.2) is 4.90 Å². The summed E-state index contributed by atoms with van der Waals surface area (Å²) >= 11 is 6.22. The second-order valence-corrected chi connectivity index (χ2v) is 10.5. The molecule has 0 radical (unpaired) electrons. The first kappa shape index (κ1) is 21.8. The molecule has 0 saturated carbocycles. The molecule has 0 bridgehead atoms. The van der Waals surface area contributed by atoms with E-state index >= 15 is 0 Å². The molecule has 4 atom stereocenters. The van der Waals surface area contributed by atoms with Crippen molar-refractivity contribution < 1.29 is 14.4 Å². The summed E-state index contributed by atoms with van der Waals surface area (Å²) in [6.07, 6.45) is 1.68. The molecule has 4 aliphatic rings. The molecule has 3 aromatic rings. The molecule has 7 rings (SSSR count). The van der Waals surface area contributed by atoms with Crippen LogP contribution in [0.15, 0.2) is 78.9 Å². The minimum absolute atomic E-state index is 0.110. The Balaban J connectivity index is 1.40. The summed E-state index contributed by atoms with van der Waals surface area (Å²) in [5, 5.41) is 0.457. The summed E-state index contributed by atoms with van der Waals surface area (Å²) in [5.74, 6) is -1.99. The van der Waals surface area contributed by atoms with Gasteiger partial charge in [0.1, 0.15) is 5.54 Å². The first-order chi connectivity index (χ1) is 17.5. The van der Waals surface area contributed by atoms with Gasteiger partial charge in [0.2, 0.25) is 11.8 Å². The Morgan fingerprint density at radius 2 is 1.67 bits per heavy atom. The van der Waals surface area contributed by atoms with Crippen LogP contribution in [0.4, 0.5) is 11.4 Å². The van der Waals surface area contributed by atoms with Crippen molar-refractivity contribution in [3.05, 3.63) is 95.0 Å². The van der Waals surface area contributed by atoms with Crippen LogP contribution in [0.1, 0.15) is 24.0 Å². The lowest BCUT2D eigenvalue weighted by atomic mass is 9.75. The predicted molar refractivity (Wildman–Crippen MR) is 136 cm³/mol. The zero-order valence-corrected chi connectivity index (χ0v) is 20.3. The third-order valence-corrected chi connectivity index (χ3v) is 8.63. The monoisotopic (exact) mass is 497 g/mol. The van der Waals surface area contributed by atoms with E-state index in [1.54, 1.807) is 24.3 Å². The van der Waals surface area contributed by atoms with E-state index in [2.05, 4.69) is 4.90 Å². The second-order valence-electron chi connectivity index (χ2n) is 10.1. The Bertz CT molecular complexity index is 1430. The predicted octanol–water partition coefficient (Wildman–Crippen LogP) is 4.37. The largest absolute Gasteiger partial charge is 0.306 e. The number of amides is 3. The SMILES string of the molecule is O=C1[C@@H]2[C@@H]3CCCN3[C@@]3(C(=O)N(Cc4ccccc4)c4ccccc43)[C@H]2C(=O)N1c1cccc(Cl)c1. The van der Waals surface area contributed by atoms with Gasteiger partial charge in [-0.15, -0.1) is 0 Å². The summed E-state index contributed by atoms with van der Waals surface area (Å²) in [7, 11) is 0. The fourth-order valence-corrected chi connectivity index (χ4v) is 7.32. The fourth-order valence-electron chi connectivity index (χ4n) is 7.13. The molecule has 3 aromatic carbocycles. The summed E-state index contributed by atoms with van der Waals surface area (Å²) in [6.45, 7) is 1.10. The second kappa shape index (κ2) is 7.76. The molecule has 0 unspecified atom stereocenters. The number of carbonyl (C=O) groups is 3. The molecule has 0 aromatic heterocycles. The van der Waals surface area contributed by atoms with Crippen molar-refractivity contribution in [2.75, 3.05) is 16.3 Å². The van der Waals surface area contributed by atoms with Crippen molar-refractivity contribution in [2.45, 2.75) is 31.0 Å². The van der Waals surface area contributed by atoms with Crippen LogP contribution < -0.4 is 9.80 Å². The van der Waals surface area contributed by atoms with Crippen molar-refractivity contribution in [3.8, 4) is 0 Å². The summed E-state index contributed by atoms with van der Waals surface area (Å²) in [5.41, 5.74) is 1.95. The molecule has 0 aliphatic carbocycles. The Kier molecular flexibility index (Phi) is 4.69. The number of nitrogens with zero attached hydrogens (tertiary/aromatic N) is 3. The number of anilines is 2. The molecule has 4 aliphatic heterocycles. The lowest BCUT2D eigenvalue weighted by Crippen LogP contribution is -2.55. The number of carbonyl (C=O) groups excluding carboxylic acids is 3. The minimum Gasteiger partial charge on any atom is -0.306 e. The van der Waals surface area contributed by atoms with Crippen molar-refractivity contribution >= 4 is 40.7 Å². The van der Waals surface area contributed by atoms with Crippen molar-refractivity contribution in [2.24, 2.45) is 11.8 Å². The van der Waals surface area contributed by atoms with Gasteiger partial charge in [0.15, 0.2) is 0 Å². The Morgan fingerprint density at radius 3 is 2.47 bits per heavy atom. The van der Waals surface area contributed by atoms with Crippen LogP contribution in [0.2, 0.25) is 5.02 Å². The van der Waals surface area contributed by atoms with Gasteiger partial charge >= 0.3 is 0 Å². The van der Waals surface area contributed by atoms with Gasteiger partial charge in [0.25, 0.3) is 5.91 Å². The lowest BCUT2D eigenvalue weighted by molar-refractivity contribution is -0.137. The first-order valence-corrected chi connectivity index (χ1v) is 12.8. The molecule has 4 heterocycles. The average Bonchev–Trinajstić information content (AvgIpc) is 3.59. The number of benzene rings is 3. The third-order valence-electron chi connectivity index (χ3n) is 8.39. The molecular formula is C29H24ClN3O3. The fraction of sp³-hybridized carbons (Fsp3) is 0.276. The van der Waals surface area contributed by atoms with Gasteiger partial charge in [-0.1, -0.05) is 66.2 Å². The van der Waals surface area contributed by atoms with Crippen LogP contribution in [0.3, 0.4) is 0 Å². The quantitative estimate of drug-likeness (QED) is 0.504. The molecule has 6 nitrogen and oxygen atoms in total. The Hall–Kier alpha value is -3.48. The zero-order valence-electron chi connectivity index (χ0n) is 19.5. The molecule has 3 fully saturated rings. The summed E-state index contributed by atoms with van der Waals surface area (Å²) < 4.78 is 0. The number of hydrogen-bond donors (Lipinski definition) is 0. The zero-order chi connectivity index (χ0) is 24.6. The number of rotatable bonds is 3. The number of hydrogen-bond acceptors (Lipinski definition) is 4. The number of imide groups is 1. The molecule has 1 spiro atoms. The van der Waals surface area contributed by atoms with Gasteiger partial charge in [-0.05, 0) is 49.2 Å². The van der Waals surface area contributed by atoms with Gasteiger partial charge in [-0.2, -0.15) is 0 Å². The lowest BCUT2D eigenvalue weighted by Gasteiger charge is -2.37. The maximum absolute atomic E-state index is 14.6. The van der Waals surface area contributed by atoms with E-state index in [0.29, 0.717) is 23.8 Å². The standard InChI is InChI=1S/C29H24ClN3O3/c30-19-10-6-11-20(16-19)33-26(34)24-23-14-7-15-32(23)29(25(24)27(33)35)21-12-4-5-13-22(21)31(28(29)36)17-18-8-2-1-3-9-18/h1-6,8-13,16,23-25H,7,14-15,17H2/t23-,24+,25+,29+/m0/s1. The van der Waals surface area contributed by atoms with Crippen molar-refractivity contribution in [1.29, 1.82) is 0 Å². The smallest absolute Gasteiger partial charge is 0.253 e. The van der Waals surface area contributed by atoms with E-state index in [1.807, 2.05) is 59.5 Å². The maximum atomic E-state index is 14.6. The molecule has 180 valence electrons. The molecule has 3 saturated heterocycles. The Morgan fingerprint density at radius 1 is 0.889 bits per heavy atom. The van der Waals surface area contributed by atoms with E-state index in [9.17, 15) is 14.4 Å². The minimum atomic E-state index is -1.18. The molecule has 0 N–H and O–H groups in total. The van der Waals surface area contributed by atoms with Gasteiger partial charge in [-0.3, -0.25) is 19.3 Å². The highest BCUT2D eigenvalue weighted by Crippen LogP contribution is 2.62. The van der Waals surface area contributed by atoms with Crippen LogP contribution in [0, 0.1) is 11.8 Å². The first-order valence-electron chi connectivity index (χ1n) is 12.4. The van der Waals surface area contributed by atoms with Crippen LogP contribution in [-0.2, 0) is 26.5 Å². The molecular weight excluding hydrogens is 474 g/mol. The van der Waals surface area contributed by atoms with E-state index in [4.69, 9.17) is 11.6 Å². The molecule has 3 amide bonds. The van der Waals surface area contributed by atoms with Gasteiger partial charge in [0.05, 0.1) is 24.1 Å². The normalized spacial score (nSPS) is 28.8. The van der Waals surface area contributed by atoms with E-state index < -0.39 is 17.4 Å². The Labute approximate surface area is 214 Å². The van der Waals surface area contributed by atoms with Crippen LogP contribution in [0.25, 0.3) is 0 Å². The van der Waals surface area contributed by atoms with Crippen molar-refractivity contribution in [1.82, 2.24) is 4.90 Å². The highest BCUT2D eigenvalue weighted by atomic mass is 35.5. The van der Waals surface area contributed by atoms with Crippen molar-refractivity contribution in [3.63, 3.8) is 0 Å². The van der Waals surface area contributed by atoms with Gasteiger partial charge in [0, 0.05) is 22.3 Å². The number of halogens is 1. The molecule has 36 heavy (non-hydrogen) atoms. The summed E-state index contributed by atoms with van der Waals surface area (Å²) in [4.78, 5) is 47.9. The highest BCUT2D eigenvalue weighted by molar-refractivity contribution is 6.31. The topological polar surface area (TPSA) is 60.9 Å². The number of para-hydroxylation sites is 1. The van der Waals surface area contributed by atoms with Gasteiger partial charge < -0.3 is 4.90 Å². The average molecular weight is 498 g/mol. The van der Waals surface area contributed by atoms with Crippen LogP contribution in [-0.4, -0.2) is 35.2 Å². The van der Waals surface area contributed by atoms with E-state index in [1.165, 1.54) is 4.90 Å². The van der Waals surface area contributed by atoms with E-state index in [-0.39, 0.29) is 23.8 Å². The maximum Gasteiger partial charge on any atom is 0.253 e.